The molecule has 1 aliphatic rings. The molecule has 0 unspecified atom stereocenters. The minimum Gasteiger partial charge on any atom is -0.497 e. The summed E-state index contributed by atoms with van der Waals surface area (Å²) in [7, 11) is 1.68. The second-order valence-corrected chi connectivity index (χ2v) is 6.91. The van der Waals surface area contributed by atoms with Crippen LogP contribution in [0.15, 0.2) is 54.7 Å². The van der Waals surface area contributed by atoms with Crippen molar-refractivity contribution >= 4 is 0 Å². The van der Waals surface area contributed by atoms with Gasteiger partial charge in [-0.1, -0.05) is 24.3 Å². The van der Waals surface area contributed by atoms with Crippen LogP contribution in [0.25, 0.3) is 11.3 Å². The van der Waals surface area contributed by atoms with Crippen LogP contribution in [0.5, 0.6) is 5.75 Å². The average Bonchev–Trinajstić information content (AvgIpc) is 3.13. The van der Waals surface area contributed by atoms with Gasteiger partial charge < -0.3 is 19.4 Å². The highest BCUT2D eigenvalue weighted by Gasteiger charge is 2.21. The zero-order valence-electron chi connectivity index (χ0n) is 15.8. The van der Waals surface area contributed by atoms with E-state index in [1.54, 1.807) is 7.11 Å². The van der Waals surface area contributed by atoms with Gasteiger partial charge in [0.05, 0.1) is 25.5 Å². The molecule has 0 saturated heterocycles. The summed E-state index contributed by atoms with van der Waals surface area (Å²) in [6.07, 6.45) is 2.27. The molecular formula is C22H25N3O2. The number of rotatable bonds is 6. The molecule has 0 spiro atoms. The first kappa shape index (κ1) is 17.8. The molecule has 5 nitrogen and oxygen atoms in total. The zero-order valence-corrected chi connectivity index (χ0v) is 15.8. The molecule has 2 aromatic carbocycles. The van der Waals surface area contributed by atoms with Crippen LogP contribution in [0.4, 0.5) is 0 Å². The van der Waals surface area contributed by atoms with E-state index >= 15 is 0 Å². The number of nitrogens with one attached hydrogen (secondary N) is 1. The molecule has 0 radical (unpaired) electrons. The number of aryl methyl sites for hydroxylation is 1. The molecule has 0 amide bonds. The van der Waals surface area contributed by atoms with Gasteiger partial charge in [0, 0.05) is 24.8 Å². The highest BCUT2D eigenvalue weighted by molar-refractivity contribution is 5.59. The van der Waals surface area contributed by atoms with Crippen LogP contribution >= 0.6 is 0 Å². The lowest BCUT2D eigenvalue weighted by Gasteiger charge is -2.24. The van der Waals surface area contributed by atoms with E-state index in [0.29, 0.717) is 6.61 Å². The van der Waals surface area contributed by atoms with Crippen molar-refractivity contribution < 1.29 is 9.47 Å². The Hall–Kier alpha value is -2.63. The highest BCUT2D eigenvalue weighted by atomic mass is 16.5. The summed E-state index contributed by atoms with van der Waals surface area (Å²) < 4.78 is 13.4. The largest absolute Gasteiger partial charge is 0.497 e. The van der Waals surface area contributed by atoms with Crippen molar-refractivity contribution in [3.05, 3.63) is 71.7 Å². The number of aromatic nitrogens is 2. The molecule has 5 heteroatoms. The molecule has 27 heavy (non-hydrogen) atoms. The summed E-state index contributed by atoms with van der Waals surface area (Å²) in [5.41, 5.74) is 4.71. The second-order valence-electron chi connectivity index (χ2n) is 6.91. The number of fused-ring (bicyclic) bond motifs is 1. The fourth-order valence-electron chi connectivity index (χ4n) is 3.39. The summed E-state index contributed by atoms with van der Waals surface area (Å²) in [6, 6.07) is 16.5. The van der Waals surface area contributed by atoms with Crippen molar-refractivity contribution in [3.63, 3.8) is 0 Å². The molecule has 1 atom stereocenters. The number of nitrogens with zero attached hydrogens (tertiary/aromatic N) is 2. The molecule has 140 valence electrons. The summed E-state index contributed by atoms with van der Waals surface area (Å²) in [6.45, 7) is 5.20. The molecule has 3 aromatic rings. The van der Waals surface area contributed by atoms with Gasteiger partial charge in [0.2, 0.25) is 0 Å². The molecule has 2 heterocycles. The lowest BCUT2D eigenvalue weighted by atomic mass is 10.1. The molecule has 0 bridgehead atoms. The van der Waals surface area contributed by atoms with Crippen LogP contribution in [0.1, 0.15) is 17.0 Å². The van der Waals surface area contributed by atoms with Gasteiger partial charge in [0.1, 0.15) is 18.2 Å². The van der Waals surface area contributed by atoms with Gasteiger partial charge in [-0.05, 0) is 42.3 Å². The number of hydrogen-bond acceptors (Lipinski definition) is 4. The first-order valence-electron chi connectivity index (χ1n) is 9.30. The summed E-state index contributed by atoms with van der Waals surface area (Å²) in [4.78, 5) is 4.73. The van der Waals surface area contributed by atoms with Crippen LogP contribution in [-0.4, -0.2) is 29.3 Å². The van der Waals surface area contributed by atoms with Gasteiger partial charge >= 0.3 is 0 Å². The number of methoxy groups -OCH3 is 1. The summed E-state index contributed by atoms with van der Waals surface area (Å²) in [5, 5.41) is 3.52. The Morgan fingerprint density at radius 1 is 1.19 bits per heavy atom. The lowest BCUT2D eigenvalue weighted by Crippen LogP contribution is -2.36. The molecule has 4 rings (SSSR count). The maximum Gasteiger partial charge on any atom is 0.135 e. The Morgan fingerprint density at radius 3 is 2.78 bits per heavy atom. The SMILES string of the molecule is COc1ccc(-c2cn3c(n2)CO[C@@H](CNCc2ccccc2C)C3)cc1. The smallest absolute Gasteiger partial charge is 0.135 e. The predicted molar refractivity (Wildman–Crippen MR) is 106 cm³/mol. The molecule has 0 fully saturated rings. The lowest BCUT2D eigenvalue weighted by molar-refractivity contribution is 0.00277. The van der Waals surface area contributed by atoms with Crippen LogP contribution < -0.4 is 10.1 Å². The van der Waals surface area contributed by atoms with Gasteiger partial charge in [-0.2, -0.15) is 0 Å². The van der Waals surface area contributed by atoms with E-state index in [0.717, 1.165) is 42.5 Å². The Morgan fingerprint density at radius 2 is 2.00 bits per heavy atom. The molecule has 0 saturated carbocycles. The molecule has 1 N–H and O–H groups in total. The van der Waals surface area contributed by atoms with E-state index in [4.69, 9.17) is 14.5 Å². The normalized spacial score (nSPS) is 16.1. The Labute approximate surface area is 160 Å². The number of ether oxygens (including phenoxy) is 2. The standard InChI is InChI=1S/C22H25N3O2/c1-16-5-3-4-6-18(16)11-23-12-20-13-25-14-21(24-22(25)15-27-20)17-7-9-19(26-2)10-8-17/h3-10,14,20,23H,11-13,15H2,1-2H3/t20-/m0/s1. The van der Waals surface area contributed by atoms with Crippen molar-refractivity contribution in [2.75, 3.05) is 13.7 Å². The highest BCUT2D eigenvalue weighted by Crippen LogP contribution is 2.24. The monoisotopic (exact) mass is 363 g/mol. The molecule has 0 aliphatic carbocycles. The summed E-state index contributed by atoms with van der Waals surface area (Å²) in [5.74, 6) is 1.84. The Balaban J connectivity index is 1.37. The fourth-order valence-corrected chi connectivity index (χ4v) is 3.39. The van der Waals surface area contributed by atoms with Gasteiger partial charge in [-0.15, -0.1) is 0 Å². The van der Waals surface area contributed by atoms with Gasteiger partial charge in [0.15, 0.2) is 0 Å². The van der Waals surface area contributed by atoms with E-state index < -0.39 is 0 Å². The Kier molecular flexibility index (Phi) is 5.23. The minimum atomic E-state index is 0.152. The van der Waals surface area contributed by atoms with Crippen molar-refractivity contribution in [1.82, 2.24) is 14.9 Å². The van der Waals surface area contributed by atoms with Crippen molar-refractivity contribution in [1.29, 1.82) is 0 Å². The van der Waals surface area contributed by atoms with Crippen LogP contribution in [0.2, 0.25) is 0 Å². The predicted octanol–water partition coefficient (Wildman–Crippen LogP) is 3.56. The van der Waals surface area contributed by atoms with Gasteiger partial charge in [-0.3, -0.25) is 0 Å². The summed E-state index contributed by atoms with van der Waals surface area (Å²) >= 11 is 0. The third-order valence-corrected chi connectivity index (χ3v) is 5.04. The molecular weight excluding hydrogens is 338 g/mol. The quantitative estimate of drug-likeness (QED) is 0.728. The van der Waals surface area contributed by atoms with Crippen LogP contribution in [0, 0.1) is 6.92 Å². The van der Waals surface area contributed by atoms with Crippen LogP contribution in [0.3, 0.4) is 0 Å². The third-order valence-electron chi connectivity index (χ3n) is 5.04. The van der Waals surface area contributed by atoms with Crippen LogP contribution in [-0.2, 0) is 24.4 Å². The number of benzene rings is 2. The van der Waals surface area contributed by atoms with E-state index in [1.165, 1.54) is 11.1 Å². The van der Waals surface area contributed by atoms with E-state index in [9.17, 15) is 0 Å². The number of hydrogen-bond donors (Lipinski definition) is 1. The third kappa shape index (κ3) is 4.04. The molecule has 1 aliphatic heterocycles. The van der Waals surface area contributed by atoms with Gasteiger partial charge in [0.25, 0.3) is 0 Å². The van der Waals surface area contributed by atoms with Gasteiger partial charge in [-0.25, -0.2) is 4.98 Å². The first-order chi connectivity index (χ1) is 13.2. The van der Waals surface area contributed by atoms with Crippen molar-refractivity contribution in [3.8, 4) is 17.0 Å². The van der Waals surface area contributed by atoms with Crippen molar-refractivity contribution in [2.24, 2.45) is 0 Å². The molecule has 1 aromatic heterocycles. The first-order valence-corrected chi connectivity index (χ1v) is 9.30. The van der Waals surface area contributed by atoms with E-state index in [1.807, 2.05) is 24.3 Å². The van der Waals surface area contributed by atoms with Crippen molar-refractivity contribution in [2.45, 2.75) is 32.7 Å². The minimum absolute atomic E-state index is 0.152. The average molecular weight is 363 g/mol. The maximum atomic E-state index is 5.99. The maximum absolute atomic E-state index is 5.99. The van der Waals surface area contributed by atoms with E-state index in [2.05, 4.69) is 47.3 Å². The van der Waals surface area contributed by atoms with E-state index in [-0.39, 0.29) is 6.10 Å². The number of imidazole rings is 1. The Bertz CT molecular complexity index is 902. The topological polar surface area (TPSA) is 48.3 Å². The second kappa shape index (κ2) is 7.94. The zero-order chi connectivity index (χ0) is 18.6. The fraction of sp³-hybridized carbons (Fsp3) is 0.318.